The second kappa shape index (κ2) is 6.75. The normalized spacial score (nSPS) is 12.8. The molecule has 0 aliphatic carbocycles. The first-order valence-corrected chi connectivity index (χ1v) is 7.90. The molecule has 2 aromatic rings. The summed E-state index contributed by atoms with van der Waals surface area (Å²) in [6, 6.07) is 8.15. The van der Waals surface area contributed by atoms with Gasteiger partial charge in [-0.25, -0.2) is 0 Å². The molecule has 1 N–H and O–H groups in total. The van der Waals surface area contributed by atoms with Gasteiger partial charge in [0.05, 0.1) is 10.4 Å². The van der Waals surface area contributed by atoms with Crippen LogP contribution in [0.3, 0.4) is 0 Å². The lowest BCUT2D eigenvalue weighted by Gasteiger charge is -2.15. The van der Waals surface area contributed by atoms with Crippen LogP contribution in [-0.4, -0.2) is 6.54 Å². The molecular weight excluding hydrogens is 334 g/mol. The Bertz CT molecular complexity index is 497. The minimum Gasteiger partial charge on any atom is -0.453 e. The van der Waals surface area contributed by atoms with Crippen LogP contribution < -0.4 is 5.32 Å². The molecule has 0 aromatic carbocycles. The van der Waals surface area contributed by atoms with Gasteiger partial charge in [0.1, 0.15) is 5.76 Å². The van der Waals surface area contributed by atoms with E-state index in [1.54, 1.807) is 11.3 Å². The van der Waals surface area contributed by atoms with Crippen LogP contribution in [0.5, 0.6) is 0 Å². The van der Waals surface area contributed by atoms with Crippen molar-refractivity contribution >= 4 is 38.9 Å². The second-order valence-electron chi connectivity index (χ2n) is 4.06. The standard InChI is InChI=1S/C13H15BrClNOS/c1-2-7-16-10(11-4-5-12(14)17-11)8-9-3-6-13(15)18-9/h3-6,10,16H,2,7-8H2,1H3. The quantitative estimate of drug-likeness (QED) is 0.791. The maximum absolute atomic E-state index is 5.97. The highest BCUT2D eigenvalue weighted by atomic mass is 79.9. The van der Waals surface area contributed by atoms with Crippen molar-refractivity contribution in [1.29, 1.82) is 0 Å². The topological polar surface area (TPSA) is 25.2 Å². The predicted octanol–water partition coefficient (Wildman–Crippen LogP) is 5.04. The van der Waals surface area contributed by atoms with Crippen LogP contribution in [-0.2, 0) is 6.42 Å². The van der Waals surface area contributed by atoms with Gasteiger partial charge in [-0.15, -0.1) is 11.3 Å². The van der Waals surface area contributed by atoms with Crippen LogP contribution in [0.2, 0.25) is 4.34 Å². The van der Waals surface area contributed by atoms with Crippen LogP contribution in [0.15, 0.2) is 33.4 Å². The van der Waals surface area contributed by atoms with Gasteiger partial charge in [-0.3, -0.25) is 0 Å². The predicted molar refractivity (Wildman–Crippen MR) is 80.5 cm³/mol. The fraction of sp³-hybridized carbons (Fsp3) is 0.385. The molecule has 98 valence electrons. The molecule has 0 amide bonds. The van der Waals surface area contributed by atoms with E-state index in [2.05, 4.69) is 34.2 Å². The number of hydrogen-bond acceptors (Lipinski definition) is 3. The Morgan fingerprint density at radius 3 is 2.78 bits per heavy atom. The summed E-state index contributed by atoms with van der Waals surface area (Å²) < 4.78 is 7.25. The molecule has 0 aliphatic rings. The van der Waals surface area contributed by atoms with Crippen LogP contribution in [0.1, 0.15) is 30.0 Å². The minimum atomic E-state index is 0.200. The second-order valence-corrected chi connectivity index (χ2v) is 6.64. The Kier molecular flexibility index (Phi) is 5.30. The monoisotopic (exact) mass is 347 g/mol. The molecule has 2 heterocycles. The van der Waals surface area contributed by atoms with E-state index in [0.717, 1.165) is 34.2 Å². The van der Waals surface area contributed by atoms with E-state index in [-0.39, 0.29) is 6.04 Å². The number of rotatable bonds is 6. The molecule has 0 aliphatic heterocycles. The van der Waals surface area contributed by atoms with Gasteiger partial charge in [0.25, 0.3) is 0 Å². The Hall–Kier alpha value is -0.290. The summed E-state index contributed by atoms with van der Waals surface area (Å²) in [5.74, 6) is 0.958. The molecule has 5 heteroatoms. The van der Waals surface area contributed by atoms with E-state index in [1.165, 1.54) is 4.88 Å². The van der Waals surface area contributed by atoms with Gasteiger partial charge in [-0.2, -0.15) is 0 Å². The zero-order valence-electron chi connectivity index (χ0n) is 10.1. The zero-order chi connectivity index (χ0) is 13.0. The molecule has 2 rings (SSSR count). The van der Waals surface area contributed by atoms with Crippen LogP contribution in [0, 0.1) is 0 Å². The van der Waals surface area contributed by atoms with Crippen molar-refractivity contribution in [3.05, 3.63) is 43.9 Å². The summed E-state index contributed by atoms with van der Waals surface area (Å²) in [5.41, 5.74) is 0. The van der Waals surface area contributed by atoms with Crippen molar-refractivity contribution in [2.75, 3.05) is 6.54 Å². The van der Waals surface area contributed by atoms with Crippen LogP contribution >= 0.6 is 38.9 Å². The van der Waals surface area contributed by atoms with Gasteiger partial charge in [-0.1, -0.05) is 18.5 Å². The maximum Gasteiger partial charge on any atom is 0.169 e. The first-order valence-electron chi connectivity index (χ1n) is 5.92. The van der Waals surface area contributed by atoms with E-state index >= 15 is 0 Å². The largest absolute Gasteiger partial charge is 0.453 e. The SMILES string of the molecule is CCCNC(Cc1ccc(Cl)s1)c1ccc(Br)o1. The number of thiophene rings is 1. The Balaban J connectivity index is 2.09. The van der Waals surface area contributed by atoms with Crippen molar-refractivity contribution in [3.63, 3.8) is 0 Å². The molecule has 1 unspecified atom stereocenters. The summed E-state index contributed by atoms with van der Waals surface area (Å²) in [6.07, 6.45) is 2.00. The van der Waals surface area contributed by atoms with Crippen molar-refractivity contribution < 1.29 is 4.42 Å². The Morgan fingerprint density at radius 1 is 1.39 bits per heavy atom. The third kappa shape index (κ3) is 3.85. The van der Waals surface area contributed by atoms with E-state index in [4.69, 9.17) is 16.0 Å². The lowest BCUT2D eigenvalue weighted by Crippen LogP contribution is -2.23. The van der Waals surface area contributed by atoms with Gasteiger partial charge in [0.15, 0.2) is 4.67 Å². The molecular formula is C13H15BrClNOS. The van der Waals surface area contributed by atoms with E-state index in [1.807, 2.05) is 18.2 Å². The summed E-state index contributed by atoms with van der Waals surface area (Å²) in [6.45, 7) is 3.13. The summed E-state index contributed by atoms with van der Waals surface area (Å²) in [7, 11) is 0. The Morgan fingerprint density at radius 2 is 2.22 bits per heavy atom. The third-order valence-corrected chi connectivity index (χ3v) is 4.29. The number of nitrogens with one attached hydrogen (secondary N) is 1. The highest BCUT2D eigenvalue weighted by molar-refractivity contribution is 9.10. The highest BCUT2D eigenvalue weighted by Crippen LogP contribution is 2.28. The zero-order valence-corrected chi connectivity index (χ0v) is 13.2. The summed E-state index contributed by atoms with van der Waals surface area (Å²) >= 11 is 10.9. The summed E-state index contributed by atoms with van der Waals surface area (Å²) in [5, 5.41) is 3.51. The lowest BCUT2D eigenvalue weighted by molar-refractivity contribution is 0.401. The number of furan rings is 1. The molecule has 2 nitrogen and oxygen atoms in total. The highest BCUT2D eigenvalue weighted by Gasteiger charge is 2.16. The average molecular weight is 349 g/mol. The van der Waals surface area contributed by atoms with Gasteiger partial charge >= 0.3 is 0 Å². The van der Waals surface area contributed by atoms with Crippen molar-refractivity contribution in [1.82, 2.24) is 5.32 Å². The van der Waals surface area contributed by atoms with Crippen LogP contribution in [0.25, 0.3) is 0 Å². The first-order chi connectivity index (χ1) is 8.69. The molecule has 0 saturated heterocycles. The maximum atomic E-state index is 5.97. The minimum absolute atomic E-state index is 0.200. The summed E-state index contributed by atoms with van der Waals surface area (Å²) in [4.78, 5) is 1.26. The van der Waals surface area contributed by atoms with Gasteiger partial charge in [-0.05, 0) is 53.2 Å². The van der Waals surface area contributed by atoms with Gasteiger partial charge < -0.3 is 9.73 Å². The average Bonchev–Trinajstić information content (AvgIpc) is 2.93. The van der Waals surface area contributed by atoms with Crippen molar-refractivity contribution in [2.24, 2.45) is 0 Å². The van der Waals surface area contributed by atoms with Crippen molar-refractivity contribution in [2.45, 2.75) is 25.8 Å². The molecule has 18 heavy (non-hydrogen) atoms. The van der Waals surface area contributed by atoms with Gasteiger partial charge in [0, 0.05) is 11.3 Å². The molecule has 0 spiro atoms. The van der Waals surface area contributed by atoms with Gasteiger partial charge in [0.2, 0.25) is 0 Å². The first kappa shape index (κ1) is 14.1. The molecule has 0 saturated carbocycles. The molecule has 0 bridgehead atoms. The van der Waals surface area contributed by atoms with Crippen LogP contribution in [0.4, 0.5) is 0 Å². The fourth-order valence-electron chi connectivity index (χ4n) is 1.77. The molecule has 0 fully saturated rings. The number of hydrogen-bond donors (Lipinski definition) is 1. The van der Waals surface area contributed by atoms with E-state index in [0.29, 0.717) is 0 Å². The fourth-order valence-corrected chi connectivity index (χ4v) is 3.22. The number of halogens is 2. The van der Waals surface area contributed by atoms with Crippen molar-refractivity contribution in [3.8, 4) is 0 Å². The van der Waals surface area contributed by atoms with E-state index < -0.39 is 0 Å². The third-order valence-electron chi connectivity index (χ3n) is 2.61. The Labute approximate surface area is 124 Å². The molecule has 2 aromatic heterocycles. The van der Waals surface area contributed by atoms with E-state index in [9.17, 15) is 0 Å². The molecule has 1 atom stereocenters. The lowest BCUT2D eigenvalue weighted by atomic mass is 10.1. The smallest absolute Gasteiger partial charge is 0.169 e. The molecule has 0 radical (unpaired) electrons.